The van der Waals surface area contributed by atoms with Crippen LogP contribution in [0, 0.1) is 12.7 Å². The first-order valence-corrected chi connectivity index (χ1v) is 7.81. The molecule has 0 aliphatic heterocycles. The molecule has 0 radical (unpaired) electrons. The van der Waals surface area contributed by atoms with Crippen molar-refractivity contribution >= 4 is 34.8 Å². The first-order valence-electron chi connectivity index (χ1n) is 7.43. The first-order chi connectivity index (χ1) is 12.0. The van der Waals surface area contributed by atoms with Gasteiger partial charge in [-0.15, -0.1) is 0 Å². The van der Waals surface area contributed by atoms with E-state index in [0.717, 1.165) is 11.3 Å². The number of anilines is 3. The van der Waals surface area contributed by atoms with Gasteiger partial charge in [0.1, 0.15) is 5.82 Å². The van der Waals surface area contributed by atoms with Gasteiger partial charge >= 0.3 is 0 Å². The highest BCUT2D eigenvalue weighted by molar-refractivity contribution is 6.31. The number of aromatic nitrogens is 2. The average Bonchev–Trinajstić information content (AvgIpc) is 2.59. The van der Waals surface area contributed by atoms with E-state index in [1.807, 2.05) is 31.2 Å². The molecule has 1 amide bonds. The van der Waals surface area contributed by atoms with Crippen molar-refractivity contribution in [1.82, 2.24) is 9.97 Å². The van der Waals surface area contributed by atoms with Crippen LogP contribution in [0.25, 0.3) is 0 Å². The Bertz CT molecular complexity index is 915. The molecule has 3 rings (SSSR count). The van der Waals surface area contributed by atoms with Crippen LogP contribution in [0.3, 0.4) is 0 Å². The smallest absolute Gasteiger partial charge is 0.258 e. The van der Waals surface area contributed by atoms with Crippen LogP contribution >= 0.6 is 11.6 Å². The van der Waals surface area contributed by atoms with Crippen molar-refractivity contribution in [2.75, 3.05) is 10.6 Å². The number of nitrogens with zero attached hydrogens (tertiary/aromatic N) is 2. The summed E-state index contributed by atoms with van der Waals surface area (Å²) in [4.78, 5) is 20.4. The van der Waals surface area contributed by atoms with Crippen LogP contribution in [0.1, 0.15) is 15.9 Å². The zero-order valence-corrected chi connectivity index (χ0v) is 14.0. The molecule has 0 saturated heterocycles. The number of hydrogen-bond acceptors (Lipinski definition) is 4. The van der Waals surface area contributed by atoms with Crippen LogP contribution in [-0.2, 0) is 0 Å². The lowest BCUT2D eigenvalue weighted by molar-refractivity contribution is 0.102. The molecule has 0 fully saturated rings. The number of halogens is 2. The summed E-state index contributed by atoms with van der Waals surface area (Å²) in [6, 6.07) is 11.7. The Morgan fingerprint density at radius 2 is 1.84 bits per heavy atom. The molecule has 0 aliphatic carbocycles. The van der Waals surface area contributed by atoms with Gasteiger partial charge in [0.2, 0.25) is 5.95 Å². The molecular weight excluding hydrogens is 343 g/mol. The molecule has 1 aromatic heterocycles. The predicted molar refractivity (Wildman–Crippen MR) is 95.9 cm³/mol. The van der Waals surface area contributed by atoms with Crippen LogP contribution in [-0.4, -0.2) is 15.9 Å². The van der Waals surface area contributed by atoms with Gasteiger partial charge in [-0.05, 0) is 42.8 Å². The highest BCUT2D eigenvalue weighted by atomic mass is 35.5. The number of carbonyl (C=O) groups is 1. The number of hydrogen-bond donors (Lipinski definition) is 2. The molecule has 0 unspecified atom stereocenters. The Kier molecular flexibility index (Phi) is 4.90. The van der Waals surface area contributed by atoms with Crippen molar-refractivity contribution in [1.29, 1.82) is 0 Å². The van der Waals surface area contributed by atoms with Gasteiger partial charge in [0.25, 0.3) is 5.91 Å². The molecule has 7 heteroatoms. The van der Waals surface area contributed by atoms with Crippen molar-refractivity contribution in [3.63, 3.8) is 0 Å². The second-order valence-electron chi connectivity index (χ2n) is 5.37. The largest absolute Gasteiger partial charge is 0.324 e. The van der Waals surface area contributed by atoms with E-state index < -0.39 is 11.7 Å². The minimum atomic E-state index is -0.547. The van der Waals surface area contributed by atoms with Crippen molar-refractivity contribution in [3.05, 3.63) is 76.8 Å². The summed E-state index contributed by atoms with van der Waals surface area (Å²) in [7, 11) is 0. The molecule has 1 heterocycles. The first kappa shape index (κ1) is 16.9. The quantitative estimate of drug-likeness (QED) is 0.718. The zero-order valence-electron chi connectivity index (χ0n) is 13.3. The summed E-state index contributed by atoms with van der Waals surface area (Å²) in [5.74, 6) is -0.577. The van der Waals surface area contributed by atoms with Gasteiger partial charge in [-0.25, -0.2) is 14.4 Å². The minimum absolute atomic E-state index is 0.0632. The van der Waals surface area contributed by atoms with Gasteiger partial charge < -0.3 is 10.6 Å². The Labute approximate surface area is 148 Å². The van der Waals surface area contributed by atoms with Gasteiger partial charge in [-0.2, -0.15) is 0 Å². The Morgan fingerprint density at radius 3 is 2.52 bits per heavy atom. The van der Waals surface area contributed by atoms with Gasteiger partial charge in [-0.1, -0.05) is 23.7 Å². The molecule has 0 saturated carbocycles. The number of rotatable bonds is 4. The summed E-state index contributed by atoms with van der Waals surface area (Å²) in [6.45, 7) is 1.99. The van der Waals surface area contributed by atoms with Crippen LogP contribution < -0.4 is 10.6 Å². The minimum Gasteiger partial charge on any atom is -0.324 e. The summed E-state index contributed by atoms with van der Waals surface area (Å²) in [6.07, 6.45) is 2.82. The van der Waals surface area contributed by atoms with Crippen LogP contribution in [0.2, 0.25) is 5.02 Å². The van der Waals surface area contributed by atoms with E-state index in [1.54, 1.807) is 0 Å². The number of benzene rings is 2. The van der Waals surface area contributed by atoms with Crippen molar-refractivity contribution < 1.29 is 9.18 Å². The Balaban J connectivity index is 1.68. The van der Waals surface area contributed by atoms with E-state index in [1.165, 1.54) is 30.6 Å². The zero-order chi connectivity index (χ0) is 17.8. The van der Waals surface area contributed by atoms with Crippen molar-refractivity contribution in [3.8, 4) is 0 Å². The molecule has 5 nitrogen and oxygen atoms in total. The van der Waals surface area contributed by atoms with Crippen molar-refractivity contribution in [2.24, 2.45) is 0 Å². The number of aryl methyl sites for hydroxylation is 1. The lowest BCUT2D eigenvalue weighted by Gasteiger charge is -2.07. The molecule has 25 heavy (non-hydrogen) atoms. The maximum absolute atomic E-state index is 13.1. The average molecular weight is 357 g/mol. The number of amides is 1. The monoisotopic (exact) mass is 356 g/mol. The normalized spacial score (nSPS) is 10.4. The highest BCUT2D eigenvalue weighted by Crippen LogP contribution is 2.20. The van der Waals surface area contributed by atoms with E-state index in [9.17, 15) is 9.18 Å². The SMILES string of the molecule is Cc1cccc(Nc2ncc(C(=O)Nc3ccc(F)c(Cl)c3)cn2)c1. The van der Waals surface area contributed by atoms with E-state index in [4.69, 9.17) is 11.6 Å². The van der Waals surface area contributed by atoms with Crippen LogP contribution in [0.5, 0.6) is 0 Å². The standard InChI is InChI=1S/C18H14ClFN4O/c1-11-3-2-4-13(7-11)24-18-21-9-12(10-22-18)17(25)23-14-5-6-16(20)15(19)8-14/h2-10H,1H3,(H,23,25)(H,21,22,24). The Hall–Kier alpha value is -2.99. The molecule has 3 aromatic rings. The third-order valence-corrected chi connectivity index (χ3v) is 3.66. The lowest BCUT2D eigenvalue weighted by atomic mass is 10.2. The third kappa shape index (κ3) is 4.30. The summed E-state index contributed by atoms with van der Waals surface area (Å²) >= 11 is 5.69. The number of nitrogens with one attached hydrogen (secondary N) is 2. The number of carbonyl (C=O) groups excluding carboxylic acids is 1. The van der Waals surface area contributed by atoms with Gasteiger partial charge in [0.05, 0.1) is 10.6 Å². The predicted octanol–water partition coefficient (Wildman–Crippen LogP) is 4.57. The fraction of sp³-hybridized carbons (Fsp3) is 0.0556. The second-order valence-corrected chi connectivity index (χ2v) is 5.78. The topological polar surface area (TPSA) is 66.9 Å². The lowest BCUT2D eigenvalue weighted by Crippen LogP contribution is -2.13. The van der Waals surface area contributed by atoms with E-state index >= 15 is 0 Å². The van der Waals surface area contributed by atoms with E-state index in [2.05, 4.69) is 20.6 Å². The summed E-state index contributed by atoms with van der Waals surface area (Å²) in [5, 5.41) is 5.61. The molecule has 0 atom stereocenters. The molecule has 2 aromatic carbocycles. The third-order valence-electron chi connectivity index (χ3n) is 3.37. The maximum Gasteiger partial charge on any atom is 0.258 e. The van der Waals surface area contributed by atoms with Gasteiger partial charge in [0, 0.05) is 23.8 Å². The van der Waals surface area contributed by atoms with E-state index in [-0.39, 0.29) is 10.6 Å². The van der Waals surface area contributed by atoms with E-state index in [0.29, 0.717) is 11.6 Å². The maximum atomic E-state index is 13.1. The molecule has 0 spiro atoms. The molecule has 126 valence electrons. The summed E-state index contributed by atoms with van der Waals surface area (Å²) < 4.78 is 13.1. The van der Waals surface area contributed by atoms with Crippen LogP contribution in [0.4, 0.5) is 21.7 Å². The second kappa shape index (κ2) is 7.27. The van der Waals surface area contributed by atoms with Gasteiger partial charge in [-0.3, -0.25) is 4.79 Å². The Morgan fingerprint density at radius 1 is 1.08 bits per heavy atom. The fourth-order valence-corrected chi connectivity index (χ4v) is 2.32. The highest BCUT2D eigenvalue weighted by Gasteiger charge is 2.09. The fourth-order valence-electron chi connectivity index (χ4n) is 2.14. The molecule has 0 bridgehead atoms. The van der Waals surface area contributed by atoms with Crippen LogP contribution in [0.15, 0.2) is 54.9 Å². The molecular formula is C18H14ClFN4O. The molecule has 0 aliphatic rings. The molecule has 2 N–H and O–H groups in total. The van der Waals surface area contributed by atoms with Gasteiger partial charge in [0.15, 0.2) is 0 Å². The van der Waals surface area contributed by atoms with Crippen molar-refractivity contribution in [2.45, 2.75) is 6.92 Å². The summed E-state index contributed by atoms with van der Waals surface area (Å²) in [5.41, 5.74) is 2.63.